The predicted octanol–water partition coefficient (Wildman–Crippen LogP) is 9.09. The van der Waals surface area contributed by atoms with Crippen LogP contribution in [0, 0.1) is 18.8 Å². The molecule has 4 heteroatoms. The number of pyridine rings is 2. The van der Waals surface area contributed by atoms with Crippen LogP contribution in [0.3, 0.4) is 0 Å². The van der Waals surface area contributed by atoms with Gasteiger partial charge in [0.1, 0.15) is 0 Å². The van der Waals surface area contributed by atoms with Gasteiger partial charge in [-0.2, -0.15) is 0 Å². The molecule has 0 atom stereocenters. The molecule has 2 aromatic rings. The molecule has 4 rings (SSSR count). The van der Waals surface area contributed by atoms with E-state index in [0.29, 0.717) is 23.7 Å². The standard InChI is InChI=1S/C15H20ClN.C14H18ClN/c1-2-12-5-8-15(17-11-12)14-6-3-13(4-7-14)9-10-16;1-11-2-7-14(16-10-11)13-5-3-12(4-6-13)8-9-15/h5,8-11,13-14H,2-4,6-7H2,1H3;2,7-10,12-13H,3-6H2,1H3/b10-9+;9-8+. The van der Waals surface area contributed by atoms with Gasteiger partial charge in [-0.05, 0) is 99.8 Å². The van der Waals surface area contributed by atoms with Crippen molar-refractivity contribution in [2.45, 2.75) is 83.5 Å². The number of rotatable bonds is 5. The average Bonchev–Trinajstić information content (AvgIpc) is 2.86. The highest BCUT2D eigenvalue weighted by Gasteiger charge is 2.22. The zero-order valence-electron chi connectivity index (χ0n) is 20.1. The topological polar surface area (TPSA) is 25.8 Å². The van der Waals surface area contributed by atoms with E-state index in [1.54, 1.807) is 11.1 Å². The maximum absolute atomic E-state index is 5.63. The number of halogens is 2. The lowest BCUT2D eigenvalue weighted by Gasteiger charge is -2.26. The quantitative estimate of drug-likeness (QED) is 0.422. The van der Waals surface area contributed by atoms with Gasteiger partial charge >= 0.3 is 0 Å². The second-order valence-electron chi connectivity index (χ2n) is 9.57. The second-order valence-corrected chi connectivity index (χ2v) is 10.1. The van der Waals surface area contributed by atoms with Crippen molar-refractivity contribution >= 4 is 23.2 Å². The normalized spacial score (nSPS) is 25.7. The highest BCUT2D eigenvalue weighted by molar-refractivity contribution is 6.25. The van der Waals surface area contributed by atoms with E-state index >= 15 is 0 Å². The Balaban J connectivity index is 0.000000186. The van der Waals surface area contributed by atoms with Crippen LogP contribution in [-0.4, -0.2) is 9.97 Å². The molecule has 0 saturated heterocycles. The third-order valence-electron chi connectivity index (χ3n) is 7.26. The molecule has 2 aromatic heterocycles. The molecule has 2 fully saturated rings. The van der Waals surface area contributed by atoms with Crippen molar-refractivity contribution in [3.05, 3.63) is 82.4 Å². The summed E-state index contributed by atoms with van der Waals surface area (Å²) in [5.74, 6) is 2.67. The van der Waals surface area contributed by atoms with Gasteiger partial charge < -0.3 is 0 Å². The Kier molecular flexibility index (Phi) is 11.0. The molecule has 0 spiro atoms. The van der Waals surface area contributed by atoms with Crippen LogP contribution in [0.4, 0.5) is 0 Å². The zero-order valence-corrected chi connectivity index (χ0v) is 21.6. The van der Waals surface area contributed by atoms with Gasteiger partial charge in [-0.1, -0.05) is 54.4 Å². The molecule has 178 valence electrons. The lowest BCUT2D eigenvalue weighted by Crippen LogP contribution is -2.12. The monoisotopic (exact) mass is 484 g/mol. The molecular weight excluding hydrogens is 447 g/mol. The van der Waals surface area contributed by atoms with Gasteiger partial charge in [0.2, 0.25) is 0 Å². The number of nitrogens with zero attached hydrogens (tertiary/aromatic N) is 2. The molecule has 2 aliphatic carbocycles. The van der Waals surface area contributed by atoms with Crippen LogP contribution in [-0.2, 0) is 6.42 Å². The number of aromatic nitrogens is 2. The average molecular weight is 486 g/mol. The van der Waals surface area contributed by atoms with Gasteiger partial charge in [0.25, 0.3) is 0 Å². The lowest BCUT2D eigenvalue weighted by atomic mass is 9.80. The Labute approximate surface area is 210 Å². The molecular formula is C29H38Cl2N2. The molecule has 2 saturated carbocycles. The van der Waals surface area contributed by atoms with Crippen molar-refractivity contribution < 1.29 is 0 Å². The molecule has 2 aliphatic rings. The molecule has 0 aromatic carbocycles. The van der Waals surface area contributed by atoms with Gasteiger partial charge in [0.05, 0.1) is 0 Å². The summed E-state index contributed by atoms with van der Waals surface area (Å²) in [6, 6.07) is 8.76. The first-order chi connectivity index (χ1) is 16.1. The van der Waals surface area contributed by atoms with Crippen molar-refractivity contribution in [1.82, 2.24) is 9.97 Å². The van der Waals surface area contributed by atoms with Crippen LogP contribution in [0.2, 0.25) is 0 Å². The van der Waals surface area contributed by atoms with E-state index in [2.05, 4.69) is 60.2 Å². The minimum Gasteiger partial charge on any atom is -0.261 e. The summed E-state index contributed by atoms with van der Waals surface area (Å²) in [6.07, 6.45) is 19.2. The number of hydrogen-bond donors (Lipinski definition) is 0. The first-order valence-electron chi connectivity index (χ1n) is 12.5. The largest absolute Gasteiger partial charge is 0.261 e. The molecule has 0 bridgehead atoms. The van der Waals surface area contributed by atoms with E-state index < -0.39 is 0 Å². The summed E-state index contributed by atoms with van der Waals surface area (Å²) in [4.78, 5) is 9.13. The Morgan fingerprint density at radius 2 is 1.21 bits per heavy atom. The summed E-state index contributed by atoms with van der Waals surface area (Å²) < 4.78 is 0. The van der Waals surface area contributed by atoms with Gasteiger partial charge in [-0.3, -0.25) is 9.97 Å². The second kappa shape index (κ2) is 13.9. The van der Waals surface area contributed by atoms with Crippen LogP contribution < -0.4 is 0 Å². The van der Waals surface area contributed by atoms with E-state index in [1.165, 1.54) is 73.9 Å². The summed E-state index contributed by atoms with van der Waals surface area (Å²) >= 11 is 11.2. The van der Waals surface area contributed by atoms with Gasteiger partial charge in [0.15, 0.2) is 0 Å². The third-order valence-corrected chi connectivity index (χ3v) is 7.55. The van der Waals surface area contributed by atoms with Crippen molar-refractivity contribution in [1.29, 1.82) is 0 Å². The minimum atomic E-state index is 0.653. The van der Waals surface area contributed by atoms with Crippen molar-refractivity contribution in [2.75, 3.05) is 0 Å². The number of allylic oxidation sites excluding steroid dienone is 2. The Hall–Kier alpha value is -1.64. The fourth-order valence-electron chi connectivity index (χ4n) is 5.03. The highest BCUT2D eigenvalue weighted by atomic mass is 35.5. The molecule has 0 N–H and O–H groups in total. The minimum absolute atomic E-state index is 0.653. The fraction of sp³-hybridized carbons (Fsp3) is 0.517. The fourth-order valence-corrected chi connectivity index (χ4v) is 5.44. The molecule has 0 radical (unpaired) electrons. The van der Waals surface area contributed by atoms with Crippen molar-refractivity contribution in [2.24, 2.45) is 11.8 Å². The van der Waals surface area contributed by atoms with E-state index in [9.17, 15) is 0 Å². The molecule has 0 aliphatic heterocycles. The maximum Gasteiger partial charge on any atom is 0.0434 e. The summed E-state index contributed by atoms with van der Waals surface area (Å²) in [7, 11) is 0. The number of aryl methyl sites for hydroxylation is 2. The molecule has 0 amide bonds. The lowest BCUT2D eigenvalue weighted by molar-refractivity contribution is 0.371. The van der Waals surface area contributed by atoms with E-state index in [0.717, 1.165) is 6.42 Å². The van der Waals surface area contributed by atoms with Crippen LogP contribution in [0.5, 0.6) is 0 Å². The van der Waals surface area contributed by atoms with Crippen LogP contribution in [0.15, 0.2) is 59.9 Å². The molecule has 2 nitrogen and oxygen atoms in total. The number of hydrogen-bond acceptors (Lipinski definition) is 2. The third kappa shape index (κ3) is 8.26. The first-order valence-corrected chi connectivity index (χ1v) is 13.4. The highest BCUT2D eigenvalue weighted by Crippen LogP contribution is 2.36. The zero-order chi connectivity index (χ0) is 23.5. The summed E-state index contributed by atoms with van der Waals surface area (Å²) in [5.41, 5.74) is 8.43. The Morgan fingerprint density at radius 1 is 0.727 bits per heavy atom. The summed E-state index contributed by atoms with van der Waals surface area (Å²) in [6.45, 7) is 4.25. The van der Waals surface area contributed by atoms with Crippen LogP contribution >= 0.6 is 23.2 Å². The molecule has 0 unspecified atom stereocenters. The first kappa shape index (κ1) is 26.0. The summed E-state index contributed by atoms with van der Waals surface area (Å²) in [5, 5.41) is 0. The van der Waals surface area contributed by atoms with Crippen molar-refractivity contribution in [3.63, 3.8) is 0 Å². The maximum atomic E-state index is 5.63. The van der Waals surface area contributed by atoms with Crippen LogP contribution in [0.25, 0.3) is 0 Å². The molecule has 33 heavy (non-hydrogen) atoms. The van der Waals surface area contributed by atoms with Crippen LogP contribution in [0.1, 0.15) is 92.6 Å². The van der Waals surface area contributed by atoms with Gasteiger partial charge in [0, 0.05) is 46.7 Å². The SMILES string of the molecule is CCc1ccc(C2CCC(/C=C/Cl)CC2)nc1.Cc1ccc(C2CCC(/C=C/Cl)CC2)nc1. The Bertz CT molecular complexity index is 857. The van der Waals surface area contributed by atoms with Crippen molar-refractivity contribution in [3.8, 4) is 0 Å². The van der Waals surface area contributed by atoms with E-state index in [-0.39, 0.29) is 0 Å². The van der Waals surface area contributed by atoms with Gasteiger partial charge in [-0.25, -0.2) is 0 Å². The Morgan fingerprint density at radius 3 is 1.58 bits per heavy atom. The smallest absolute Gasteiger partial charge is 0.0434 e. The molecule has 2 heterocycles. The predicted molar refractivity (Wildman–Crippen MR) is 142 cm³/mol. The van der Waals surface area contributed by atoms with Gasteiger partial charge in [-0.15, -0.1) is 0 Å². The van der Waals surface area contributed by atoms with E-state index in [1.807, 2.05) is 12.4 Å². The van der Waals surface area contributed by atoms with E-state index in [4.69, 9.17) is 23.2 Å².